The second kappa shape index (κ2) is 8.46. The van der Waals surface area contributed by atoms with E-state index in [1.165, 1.54) is 12.1 Å². The molecule has 1 aromatic heterocycles. The molecule has 0 saturated carbocycles. The molecule has 7 nitrogen and oxygen atoms in total. The summed E-state index contributed by atoms with van der Waals surface area (Å²) in [4.78, 5) is 2.29. The zero-order chi connectivity index (χ0) is 20.4. The van der Waals surface area contributed by atoms with E-state index in [9.17, 15) is 13.9 Å². The highest BCUT2D eigenvalue weighted by Gasteiger charge is 2.25. The van der Waals surface area contributed by atoms with Gasteiger partial charge in [0, 0.05) is 35.3 Å². The van der Waals surface area contributed by atoms with Crippen molar-refractivity contribution in [3.8, 4) is 22.8 Å². The smallest absolute Gasteiger partial charge is 0.387 e. The Morgan fingerprint density at radius 1 is 1.31 bits per heavy atom. The fourth-order valence-corrected chi connectivity index (χ4v) is 3.98. The molecule has 1 aromatic carbocycles. The summed E-state index contributed by atoms with van der Waals surface area (Å²) in [6.07, 6.45) is 2.90. The number of ether oxygens (including phenoxy) is 2. The number of halogens is 2. The molecule has 0 aliphatic carbocycles. The Balaban J connectivity index is 1.65. The van der Waals surface area contributed by atoms with Crippen molar-refractivity contribution >= 4 is 5.82 Å². The van der Waals surface area contributed by atoms with E-state index in [2.05, 4.69) is 32.2 Å². The molecule has 1 atom stereocenters. The fraction of sp³-hybridized carbons (Fsp3) is 0.500. The van der Waals surface area contributed by atoms with Gasteiger partial charge in [-0.15, -0.1) is 10.2 Å². The van der Waals surface area contributed by atoms with Gasteiger partial charge in [0.05, 0.1) is 13.2 Å². The second-order valence-corrected chi connectivity index (χ2v) is 7.46. The summed E-state index contributed by atoms with van der Waals surface area (Å²) in [6, 6.07) is 4.35. The Morgan fingerprint density at radius 3 is 2.93 bits per heavy atom. The predicted molar refractivity (Wildman–Crippen MR) is 103 cm³/mol. The minimum atomic E-state index is -2.95. The van der Waals surface area contributed by atoms with Crippen molar-refractivity contribution in [2.45, 2.75) is 38.5 Å². The topological polar surface area (TPSA) is 79.7 Å². The zero-order valence-electron chi connectivity index (χ0n) is 16.2. The number of aromatic hydroxyl groups is 1. The van der Waals surface area contributed by atoms with E-state index in [0.717, 1.165) is 48.9 Å². The molecule has 4 rings (SSSR count). The molecular weight excluding hydrogens is 382 g/mol. The lowest BCUT2D eigenvalue weighted by atomic mass is 9.97. The standard InChI is InChI=1S/C20H24F2N4O3/c1-26-7-2-3-12(10-26)23-19-14-6-8-28-11-16(14)18(24-25-19)15-5-4-13(9-17(15)27)29-20(21)22/h4-5,9,12,20,27H,2-3,6-8,10-11H2,1H3,(H,23,25)/t12-/m1/s1. The van der Waals surface area contributed by atoms with E-state index in [-0.39, 0.29) is 11.5 Å². The lowest BCUT2D eigenvalue weighted by molar-refractivity contribution is -0.0499. The monoisotopic (exact) mass is 406 g/mol. The second-order valence-electron chi connectivity index (χ2n) is 7.46. The number of alkyl halides is 2. The molecule has 156 valence electrons. The van der Waals surface area contributed by atoms with Gasteiger partial charge in [0.25, 0.3) is 0 Å². The van der Waals surface area contributed by atoms with Crippen molar-refractivity contribution in [2.24, 2.45) is 0 Å². The Kier molecular flexibility index (Phi) is 5.77. The molecule has 0 unspecified atom stereocenters. The third-order valence-electron chi connectivity index (χ3n) is 5.34. The maximum absolute atomic E-state index is 12.4. The van der Waals surface area contributed by atoms with Crippen molar-refractivity contribution in [3.63, 3.8) is 0 Å². The average Bonchev–Trinajstić information content (AvgIpc) is 2.68. The molecule has 0 amide bonds. The largest absolute Gasteiger partial charge is 0.507 e. The summed E-state index contributed by atoms with van der Waals surface area (Å²) in [5.41, 5.74) is 2.79. The molecule has 0 radical (unpaired) electrons. The highest BCUT2D eigenvalue weighted by molar-refractivity contribution is 5.73. The number of aromatic nitrogens is 2. The number of rotatable bonds is 5. The fourth-order valence-electron chi connectivity index (χ4n) is 3.98. The van der Waals surface area contributed by atoms with E-state index >= 15 is 0 Å². The number of nitrogens with zero attached hydrogens (tertiary/aromatic N) is 3. The number of anilines is 1. The van der Waals surface area contributed by atoms with Crippen LogP contribution in [0.5, 0.6) is 11.5 Å². The first-order chi connectivity index (χ1) is 14.0. The number of hydrogen-bond acceptors (Lipinski definition) is 7. The van der Waals surface area contributed by atoms with Gasteiger partial charge in [0.15, 0.2) is 5.82 Å². The molecule has 1 saturated heterocycles. The van der Waals surface area contributed by atoms with Crippen LogP contribution in [0.1, 0.15) is 24.0 Å². The molecule has 3 heterocycles. The van der Waals surface area contributed by atoms with Crippen LogP contribution in [0.15, 0.2) is 18.2 Å². The third-order valence-corrected chi connectivity index (χ3v) is 5.34. The Morgan fingerprint density at radius 2 is 2.17 bits per heavy atom. The molecule has 2 aliphatic heterocycles. The van der Waals surface area contributed by atoms with Crippen molar-refractivity contribution in [1.82, 2.24) is 15.1 Å². The highest BCUT2D eigenvalue weighted by Crippen LogP contribution is 2.37. The molecule has 2 aliphatic rings. The van der Waals surface area contributed by atoms with Crippen LogP contribution in [0.2, 0.25) is 0 Å². The number of piperidine rings is 1. The minimum Gasteiger partial charge on any atom is -0.507 e. The number of benzene rings is 1. The van der Waals surface area contributed by atoms with Crippen molar-refractivity contribution in [1.29, 1.82) is 0 Å². The molecule has 0 spiro atoms. The van der Waals surface area contributed by atoms with Crippen LogP contribution < -0.4 is 10.1 Å². The van der Waals surface area contributed by atoms with Gasteiger partial charge in [-0.1, -0.05) is 0 Å². The third kappa shape index (κ3) is 4.40. The van der Waals surface area contributed by atoms with Gasteiger partial charge in [-0.25, -0.2) is 0 Å². The normalized spacial score (nSPS) is 19.8. The molecule has 0 bridgehead atoms. The van der Waals surface area contributed by atoms with Gasteiger partial charge in [-0.3, -0.25) is 0 Å². The first-order valence-electron chi connectivity index (χ1n) is 9.70. The SMILES string of the molecule is CN1CCC[C@@H](Nc2nnc(-c3ccc(OC(F)F)cc3O)c3c2CCOC3)C1. The van der Waals surface area contributed by atoms with Crippen molar-refractivity contribution < 1.29 is 23.4 Å². The van der Waals surface area contributed by atoms with E-state index in [0.29, 0.717) is 36.9 Å². The summed E-state index contributed by atoms with van der Waals surface area (Å²) in [6.45, 7) is 0.0319. The van der Waals surface area contributed by atoms with E-state index in [1.807, 2.05) is 0 Å². The first-order valence-corrected chi connectivity index (χ1v) is 9.70. The molecule has 29 heavy (non-hydrogen) atoms. The highest BCUT2D eigenvalue weighted by atomic mass is 19.3. The number of likely N-dealkylation sites (tertiary alicyclic amines) is 1. The summed E-state index contributed by atoms with van der Waals surface area (Å²) >= 11 is 0. The Labute approximate surface area is 167 Å². The predicted octanol–water partition coefficient (Wildman–Crippen LogP) is 3.03. The maximum Gasteiger partial charge on any atom is 0.387 e. The molecule has 2 aromatic rings. The van der Waals surface area contributed by atoms with Gasteiger partial charge in [-0.2, -0.15) is 8.78 Å². The summed E-state index contributed by atoms with van der Waals surface area (Å²) in [5, 5.41) is 22.6. The number of phenols is 1. The van der Waals surface area contributed by atoms with Gasteiger partial charge in [-0.05, 0) is 45.0 Å². The molecule has 1 fully saturated rings. The average molecular weight is 406 g/mol. The van der Waals surface area contributed by atoms with E-state index in [1.54, 1.807) is 0 Å². The molecule has 9 heteroatoms. The van der Waals surface area contributed by atoms with Crippen LogP contribution in [0.3, 0.4) is 0 Å². The zero-order valence-corrected chi connectivity index (χ0v) is 16.2. The number of hydrogen-bond donors (Lipinski definition) is 2. The van der Waals surface area contributed by atoms with Crippen LogP contribution in [0.4, 0.5) is 14.6 Å². The summed E-state index contributed by atoms with van der Waals surface area (Å²) < 4.78 is 34.8. The lowest BCUT2D eigenvalue weighted by Gasteiger charge is -2.31. The van der Waals surface area contributed by atoms with E-state index < -0.39 is 6.61 Å². The summed E-state index contributed by atoms with van der Waals surface area (Å²) in [7, 11) is 2.11. The van der Waals surface area contributed by atoms with Gasteiger partial charge < -0.3 is 24.8 Å². The van der Waals surface area contributed by atoms with Crippen LogP contribution in [-0.2, 0) is 17.8 Å². The maximum atomic E-state index is 12.4. The van der Waals surface area contributed by atoms with Crippen LogP contribution in [-0.4, -0.2) is 59.6 Å². The van der Waals surface area contributed by atoms with Crippen LogP contribution in [0.25, 0.3) is 11.3 Å². The van der Waals surface area contributed by atoms with Gasteiger partial charge in [0.2, 0.25) is 0 Å². The molecular formula is C20H24F2N4O3. The number of phenolic OH excluding ortho intramolecular Hbond substituents is 1. The minimum absolute atomic E-state index is 0.112. The van der Waals surface area contributed by atoms with E-state index in [4.69, 9.17) is 4.74 Å². The van der Waals surface area contributed by atoms with Crippen LogP contribution >= 0.6 is 0 Å². The number of fused-ring (bicyclic) bond motifs is 1. The van der Waals surface area contributed by atoms with Gasteiger partial charge >= 0.3 is 6.61 Å². The van der Waals surface area contributed by atoms with Gasteiger partial charge in [0.1, 0.15) is 17.2 Å². The quantitative estimate of drug-likeness (QED) is 0.790. The van der Waals surface area contributed by atoms with Crippen LogP contribution in [0, 0.1) is 0 Å². The number of likely N-dealkylation sites (N-methyl/N-ethyl adjacent to an activating group) is 1. The molecule has 2 N–H and O–H groups in total. The lowest BCUT2D eigenvalue weighted by Crippen LogP contribution is -2.40. The first kappa shape index (κ1) is 19.8. The summed E-state index contributed by atoms with van der Waals surface area (Å²) in [5.74, 6) is 0.448. The Hall–Kier alpha value is -2.52. The van der Waals surface area contributed by atoms with Crippen molar-refractivity contribution in [3.05, 3.63) is 29.3 Å². The van der Waals surface area contributed by atoms with Crippen molar-refractivity contribution in [2.75, 3.05) is 32.1 Å². The number of nitrogens with one attached hydrogen (secondary N) is 1. The Bertz CT molecular complexity index is 881.